The number of fused-ring (bicyclic) bond motifs is 1. The quantitative estimate of drug-likeness (QED) is 0.215. The van der Waals surface area contributed by atoms with Crippen LogP contribution in [0.3, 0.4) is 0 Å². The van der Waals surface area contributed by atoms with E-state index < -0.39 is 0 Å². The number of hydrogen-bond acceptors (Lipinski definition) is 8. The molecular formula is C26H24N4O2S4. The zero-order valence-corrected chi connectivity index (χ0v) is 23.0. The van der Waals surface area contributed by atoms with Crippen molar-refractivity contribution in [2.45, 2.75) is 19.8 Å². The molecule has 4 aromatic rings. The Bertz CT molecular complexity index is 1280. The molecule has 0 atom stereocenters. The Labute approximate surface area is 227 Å². The summed E-state index contributed by atoms with van der Waals surface area (Å²) in [6.07, 6.45) is 3.95. The second kappa shape index (κ2) is 13.0. The normalized spacial score (nSPS) is 10.8. The SMILES string of the molecule is CSc1ccccc1NC(=O)CSc1nc2ccccc2nc1SCC(=O)Nc1ccccc1SC. The third kappa shape index (κ3) is 6.97. The molecule has 0 bridgehead atoms. The molecule has 1 aromatic heterocycles. The van der Waals surface area contributed by atoms with Gasteiger partial charge in [-0.1, -0.05) is 59.9 Å². The number of thioether (sulfide) groups is 4. The van der Waals surface area contributed by atoms with Crippen molar-refractivity contribution in [2.24, 2.45) is 0 Å². The van der Waals surface area contributed by atoms with Crippen LogP contribution >= 0.6 is 47.0 Å². The van der Waals surface area contributed by atoms with Crippen LogP contribution in [0.4, 0.5) is 11.4 Å². The maximum Gasteiger partial charge on any atom is 0.234 e. The van der Waals surface area contributed by atoms with Crippen LogP contribution in [0.1, 0.15) is 0 Å². The third-order valence-corrected chi connectivity index (χ3v) is 8.60. The molecule has 0 unspecified atom stereocenters. The highest BCUT2D eigenvalue weighted by atomic mass is 32.2. The van der Waals surface area contributed by atoms with Crippen molar-refractivity contribution in [1.82, 2.24) is 9.97 Å². The van der Waals surface area contributed by atoms with Gasteiger partial charge in [0.15, 0.2) is 0 Å². The van der Waals surface area contributed by atoms with Crippen molar-refractivity contribution in [2.75, 3.05) is 34.7 Å². The Morgan fingerprint density at radius 2 is 1.03 bits per heavy atom. The number of rotatable bonds is 10. The van der Waals surface area contributed by atoms with Gasteiger partial charge in [0.05, 0.1) is 33.9 Å². The Kier molecular flexibility index (Phi) is 9.57. The van der Waals surface area contributed by atoms with E-state index in [9.17, 15) is 9.59 Å². The summed E-state index contributed by atoms with van der Waals surface area (Å²) >= 11 is 5.79. The molecule has 2 amide bonds. The van der Waals surface area contributed by atoms with E-state index in [0.717, 1.165) is 32.2 Å². The molecule has 4 rings (SSSR count). The third-order valence-electron chi connectivity index (χ3n) is 4.95. The lowest BCUT2D eigenvalue weighted by atomic mass is 10.3. The van der Waals surface area contributed by atoms with E-state index in [2.05, 4.69) is 10.6 Å². The monoisotopic (exact) mass is 552 g/mol. The minimum Gasteiger partial charge on any atom is -0.324 e. The fraction of sp³-hybridized carbons (Fsp3) is 0.154. The van der Waals surface area contributed by atoms with Crippen LogP contribution < -0.4 is 10.6 Å². The Morgan fingerprint density at radius 3 is 1.44 bits per heavy atom. The predicted molar refractivity (Wildman–Crippen MR) is 155 cm³/mol. The van der Waals surface area contributed by atoms with E-state index in [4.69, 9.17) is 9.97 Å². The summed E-state index contributed by atoms with van der Waals surface area (Å²) in [6.45, 7) is 0. The average Bonchev–Trinajstić information content (AvgIpc) is 2.91. The average molecular weight is 553 g/mol. The van der Waals surface area contributed by atoms with E-state index in [0.29, 0.717) is 10.1 Å². The van der Waals surface area contributed by atoms with Gasteiger partial charge >= 0.3 is 0 Å². The van der Waals surface area contributed by atoms with Crippen molar-refractivity contribution in [3.8, 4) is 0 Å². The maximum atomic E-state index is 12.7. The van der Waals surface area contributed by atoms with Crippen LogP contribution in [0.5, 0.6) is 0 Å². The first-order chi connectivity index (χ1) is 17.6. The van der Waals surface area contributed by atoms with E-state index in [1.54, 1.807) is 23.5 Å². The summed E-state index contributed by atoms with van der Waals surface area (Å²) in [6, 6.07) is 23.0. The summed E-state index contributed by atoms with van der Waals surface area (Å²) < 4.78 is 0. The van der Waals surface area contributed by atoms with Crippen LogP contribution in [-0.4, -0.2) is 45.8 Å². The Hall–Kier alpha value is -2.66. The summed E-state index contributed by atoms with van der Waals surface area (Å²) in [5, 5.41) is 7.21. The van der Waals surface area contributed by atoms with Crippen LogP contribution in [-0.2, 0) is 9.59 Å². The molecule has 36 heavy (non-hydrogen) atoms. The second-order valence-corrected chi connectivity index (χ2v) is 11.0. The van der Waals surface area contributed by atoms with Gasteiger partial charge in [0.2, 0.25) is 11.8 Å². The molecule has 0 aliphatic rings. The molecule has 6 nitrogen and oxygen atoms in total. The molecule has 3 aromatic carbocycles. The Morgan fingerprint density at radius 1 is 0.639 bits per heavy atom. The van der Waals surface area contributed by atoms with Gasteiger partial charge in [-0.15, -0.1) is 23.5 Å². The van der Waals surface area contributed by atoms with Gasteiger partial charge in [-0.25, -0.2) is 9.97 Å². The fourth-order valence-electron chi connectivity index (χ4n) is 3.29. The van der Waals surface area contributed by atoms with Crippen LogP contribution in [0.25, 0.3) is 11.0 Å². The first-order valence-electron chi connectivity index (χ1n) is 11.0. The van der Waals surface area contributed by atoms with Gasteiger partial charge in [-0.2, -0.15) is 0 Å². The lowest BCUT2D eigenvalue weighted by Gasteiger charge is -2.12. The molecule has 0 aliphatic carbocycles. The number of carbonyl (C=O) groups is 2. The summed E-state index contributed by atoms with van der Waals surface area (Å²) in [7, 11) is 0. The number of hydrogen-bond donors (Lipinski definition) is 2. The molecule has 0 spiro atoms. The lowest BCUT2D eigenvalue weighted by Crippen LogP contribution is -2.15. The van der Waals surface area contributed by atoms with E-state index in [1.165, 1.54) is 23.5 Å². The number of carbonyl (C=O) groups excluding carboxylic acids is 2. The van der Waals surface area contributed by atoms with Gasteiger partial charge < -0.3 is 10.6 Å². The molecule has 0 fully saturated rings. The first-order valence-corrected chi connectivity index (χ1v) is 15.4. The zero-order chi connectivity index (χ0) is 25.3. The second-order valence-electron chi connectivity index (χ2n) is 7.40. The fourth-order valence-corrected chi connectivity index (χ4v) is 6.10. The highest BCUT2D eigenvalue weighted by molar-refractivity contribution is 8.02. The molecule has 0 saturated carbocycles. The van der Waals surface area contributed by atoms with Crippen molar-refractivity contribution in [1.29, 1.82) is 0 Å². The number of nitrogens with one attached hydrogen (secondary N) is 2. The molecule has 1 heterocycles. The number of amides is 2. The zero-order valence-electron chi connectivity index (χ0n) is 19.7. The van der Waals surface area contributed by atoms with Gasteiger partial charge in [0.25, 0.3) is 0 Å². The first kappa shape index (κ1) is 26.4. The van der Waals surface area contributed by atoms with E-state index in [1.807, 2.05) is 85.3 Å². The Balaban J connectivity index is 1.46. The van der Waals surface area contributed by atoms with E-state index >= 15 is 0 Å². The largest absolute Gasteiger partial charge is 0.324 e. The summed E-state index contributed by atoms with van der Waals surface area (Å²) in [4.78, 5) is 36.9. The van der Waals surface area contributed by atoms with Crippen LogP contribution in [0, 0.1) is 0 Å². The van der Waals surface area contributed by atoms with Crippen LogP contribution in [0.15, 0.2) is 92.6 Å². The number of nitrogens with zero attached hydrogens (tertiary/aromatic N) is 2. The van der Waals surface area contributed by atoms with Crippen molar-refractivity contribution < 1.29 is 9.59 Å². The van der Waals surface area contributed by atoms with Crippen molar-refractivity contribution in [3.63, 3.8) is 0 Å². The van der Waals surface area contributed by atoms with Gasteiger partial charge in [-0.3, -0.25) is 9.59 Å². The number of aromatic nitrogens is 2. The van der Waals surface area contributed by atoms with Crippen molar-refractivity contribution >= 4 is 81.3 Å². The lowest BCUT2D eigenvalue weighted by molar-refractivity contribution is -0.114. The minimum atomic E-state index is -0.126. The van der Waals surface area contributed by atoms with Gasteiger partial charge in [0.1, 0.15) is 10.1 Å². The summed E-state index contributed by atoms with van der Waals surface area (Å²) in [5.41, 5.74) is 3.07. The van der Waals surface area contributed by atoms with Crippen molar-refractivity contribution in [3.05, 3.63) is 72.8 Å². The highest BCUT2D eigenvalue weighted by Crippen LogP contribution is 2.31. The summed E-state index contributed by atoms with van der Waals surface area (Å²) in [5.74, 6) is 0.102. The molecular weight excluding hydrogens is 529 g/mol. The molecule has 0 saturated heterocycles. The topological polar surface area (TPSA) is 84.0 Å². The standard InChI is InChI=1S/C26H24N4O2S4/c1-33-21-13-7-5-11-19(21)27-23(31)15-35-25-26(30-18-10-4-3-9-17(18)29-25)36-16-24(32)28-20-12-6-8-14-22(20)34-2/h3-14H,15-16H2,1-2H3,(H,27,31)(H,28,32). The molecule has 0 aliphatic heterocycles. The van der Waals surface area contributed by atoms with Gasteiger partial charge in [0, 0.05) is 9.79 Å². The molecule has 0 radical (unpaired) electrons. The smallest absolute Gasteiger partial charge is 0.234 e. The maximum absolute atomic E-state index is 12.7. The van der Waals surface area contributed by atoms with Crippen LogP contribution in [0.2, 0.25) is 0 Å². The predicted octanol–water partition coefficient (Wildman–Crippen LogP) is 6.54. The molecule has 184 valence electrons. The molecule has 2 N–H and O–H groups in total. The highest BCUT2D eigenvalue weighted by Gasteiger charge is 2.15. The minimum absolute atomic E-state index is 0.126. The number of para-hydroxylation sites is 4. The number of benzene rings is 3. The number of anilines is 2. The van der Waals surface area contributed by atoms with Gasteiger partial charge in [-0.05, 0) is 48.9 Å². The molecule has 10 heteroatoms. The van der Waals surface area contributed by atoms with E-state index in [-0.39, 0.29) is 23.3 Å².